The van der Waals surface area contributed by atoms with E-state index in [1.807, 2.05) is 6.07 Å². The first kappa shape index (κ1) is 13.4. The number of hydrogen-bond acceptors (Lipinski definition) is 4. The highest BCUT2D eigenvalue weighted by atomic mass is 16.5. The van der Waals surface area contributed by atoms with Gasteiger partial charge in [-0.3, -0.25) is 15.3 Å². The Labute approximate surface area is 118 Å². The van der Waals surface area contributed by atoms with Crippen LogP contribution in [0.25, 0.3) is 0 Å². The Morgan fingerprint density at radius 2 is 2.25 bits per heavy atom. The molecule has 0 aromatic carbocycles. The molecule has 7 heteroatoms. The minimum absolute atomic E-state index is 0.191. The summed E-state index contributed by atoms with van der Waals surface area (Å²) in [5, 5.41) is 12.7. The number of urea groups is 1. The number of aromatic amines is 1. The van der Waals surface area contributed by atoms with E-state index >= 15 is 0 Å². The van der Waals surface area contributed by atoms with E-state index in [0.29, 0.717) is 18.3 Å². The zero-order valence-corrected chi connectivity index (χ0v) is 11.5. The van der Waals surface area contributed by atoms with Crippen LogP contribution in [0.3, 0.4) is 0 Å². The number of anilines is 1. The van der Waals surface area contributed by atoms with Gasteiger partial charge >= 0.3 is 6.03 Å². The first-order valence-electron chi connectivity index (χ1n) is 7.21. The molecule has 1 saturated carbocycles. The number of ether oxygens (including phenoxy) is 1. The SMILES string of the molecule is O=C(NCCN1CCOCC1)Nc1cc(C2CC2)n[nH]1. The standard InChI is InChI=1S/C13H21N5O2/c19-13(14-3-4-18-5-7-20-8-6-18)15-12-9-11(16-17-12)10-1-2-10/h9-10H,1-8H2,(H3,14,15,16,17,19). The van der Waals surface area contributed by atoms with Crippen LogP contribution >= 0.6 is 0 Å². The fourth-order valence-electron chi connectivity index (χ4n) is 2.31. The maximum Gasteiger partial charge on any atom is 0.320 e. The van der Waals surface area contributed by atoms with Crippen LogP contribution in [0.2, 0.25) is 0 Å². The average Bonchev–Trinajstić information content (AvgIpc) is 3.21. The van der Waals surface area contributed by atoms with Crippen molar-refractivity contribution in [3.8, 4) is 0 Å². The molecule has 0 radical (unpaired) electrons. The number of amides is 2. The first-order valence-corrected chi connectivity index (χ1v) is 7.21. The summed E-state index contributed by atoms with van der Waals surface area (Å²) >= 11 is 0. The molecular weight excluding hydrogens is 258 g/mol. The van der Waals surface area contributed by atoms with Crippen LogP contribution in [-0.2, 0) is 4.74 Å². The van der Waals surface area contributed by atoms with Crippen molar-refractivity contribution in [3.63, 3.8) is 0 Å². The number of carbonyl (C=O) groups is 1. The summed E-state index contributed by atoms with van der Waals surface area (Å²) in [6.45, 7) is 4.93. The van der Waals surface area contributed by atoms with Gasteiger partial charge in [-0.15, -0.1) is 0 Å². The third-order valence-electron chi connectivity index (χ3n) is 3.66. The monoisotopic (exact) mass is 279 g/mol. The van der Waals surface area contributed by atoms with Gasteiger partial charge in [-0.05, 0) is 12.8 Å². The predicted molar refractivity (Wildman–Crippen MR) is 74.8 cm³/mol. The molecule has 2 heterocycles. The smallest absolute Gasteiger partial charge is 0.320 e. The summed E-state index contributed by atoms with van der Waals surface area (Å²) in [6, 6.07) is 1.73. The number of carbonyl (C=O) groups excluding carboxylic acids is 1. The minimum atomic E-state index is -0.191. The summed E-state index contributed by atoms with van der Waals surface area (Å²) in [7, 11) is 0. The Bertz CT molecular complexity index is 451. The number of nitrogens with one attached hydrogen (secondary N) is 3. The topological polar surface area (TPSA) is 82.3 Å². The van der Waals surface area contributed by atoms with Crippen LogP contribution in [0, 0.1) is 0 Å². The van der Waals surface area contributed by atoms with E-state index < -0.39 is 0 Å². The quantitative estimate of drug-likeness (QED) is 0.742. The normalized spacial score (nSPS) is 19.8. The molecule has 0 bridgehead atoms. The fraction of sp³-hybridized carbons (Fsp3) is 0.692. The van der Waals surface area contributed by atoms with Crippen molar-refractivity contribution in [2.24, 2.45) is 0 Å². The van der Waals surface area contributed by atoms with Gasteiger partial charge in [-0.25, -0.2) is 4.79 Å². The molecule has 0 spiro atoms. The number of morpholine rings is 1. The Morgan fingerprint density at radius 3 is 3.00 bits per heavy atom. The van der Waals surface area contributed by atoms with Crippen molar-refractivity contribution in [2.45, 2.75) is 18.8 Å². The number of H-pyrrole nitrogens is 1. The maximum atomic E-state index is 11.7. The van der Waals surface area contributed by atoms with E-state index in [0.717, 1.165) is 38.5 Å². The number of aromatic nitrogens is 2. The largest absolute Gasteiger partial charge is 0.379 e. The van der Waals surface area contributed by atoms with Crippen molar-refractivity contribution >= 4 is 11.8 Å². The van der Waals surface area contributed by atoms with Crippen molar-refractivity contribution < 1.29 is 9.53 Å². The first-order chi connectivity index (χ1) is 9.81. The van der Waals surface area contributed by atoms with Gasteiger partial charge in [-0.1, -0.05) is 0 Å². The molecule has 2 amide bonds. The lowest BCUT2D eigenvalue weighted by Gasteiger charge is -2.26. The highest BCUT2D eigenvalue weighted by molar-refractivity contribution is 5.88. The highest BCUT2D eigenvalue weighted by Crippen LogP contribution is 2.39. The number of hydrogen-bond donors (Lipinski definition) is 3. The number of nitrogens with zero attached hydrogens (tertiary/aromatic N) is 2. The molecule has 2 fully saturated rings. The van der Waals surface area contributed by atoms with Gasteiger partial charge < -0.3 is 10.1 Å². The zero-order valence-electron chi connectivity index (χ0n) is 11.5. The van der Waals surface area contributed by atoms with Crippen molar-refractivity contribution in [2.75, 3.05) is 44.7 Å². The van der Waals surface area contributed by atoms with Crippen molar-refractivity contribution in [1.29, 1.82) is 0 Å². The van der Waals surface area contributed by atoms with E-state index in [9.17, 15) is 4.79 Å². The summed E-state index contributed by atoms with van der Waals surface area (Å²) in [5.41, 5.74) is 1.05. The summed E-state index contributed by atoms with van der Waals surface area (Å²) in [6.07, 6.45) is 2.41. The van der Waals surface area contributed by atoms with Crippen LogP contribution in [0.1, 0.15) is 24.5 Å². The molecule has 110 valence electrons. The second kappa shape index (κ2) is 6.23. The van der Waals surface area contributed by atoms with Gasteiger partial charge in [0.15, 0.2) is 0 Å². The second-order valence-corrected chi connectivity index (χ2v) is 5.32. The Kier molecular flexibility index (Phi) is 4.17. The maximum absolute atomic E-state index is 11.7. The Morgan fingerprint density at radius 1 is 1.45 bits per heavy atom. The lowest BCUT2D eigenvalue weighted by atomic mass is 10.3. The molecule has 1 aromatic rings. The lowest BCUT2D eigenvalue weighted by Crippen LogP contribution is -2.42. The molecule has 1 aliphatic carbocycles. The van der Waals surface area contributed by atoms with E-state index in [1.54, 1.807) is 0 Å². The lowest BCUT2D eigenvalue weighted by molar-refractivity contribution is 0.0388. The molecule has 7 nitrogen and oxygen atoms in total. The van der Waals surface area contributed by atoms with Crippen LogP contribution in [0.15, 0.2) is 6.07 Å². The molecule has 0 unspecified atom stereocenters. The molecule has 1 aliphatic heterocycles. The molecule has 3 N–H and O–H groups in total. The third-order valence-corrected chi connectivity index (χ3v) is 3.66. The highest BCUT2D eigenvalue weighted by Gasteiger charge is 2.26. The summed E-state index contributed by atoms with van der Waals surface area (Å²) in [5.74, 6) is 1.25. The van der Waals surface area contributed by atoms with Crippen molar-refractivity contribution in [3.05, 3.63) is 11.8 Å². The van der Waals surface area contributed by atoms with Crippen molar-refractivity contribution in [1.82, 2.24) is 20.4 Å². The molecule has 2 aliphatic rings. The molecular formula is C13H21N5O2. The summed E-state index contributed by atoms with van der Waals surface area (Å²) < 4.78 is 5.28. The fourth-order valence-corrected chi connectivity index (χ4v) is 2.31. The summed E-state index contributed by atoms with van der Waals surface area (Å²) in [4.78, 5) is 14.0. The molecule has 0 atom stereocenters. The molecule has 1 aromatic heterocycles. The van der Waals surface area contributed by atoms with Gasteiger partial charge in [0, 0.05) is 38.2 Å². The average molecular weight is 279 g/mol. The zero-order chi connectivity index (χ0) is 13.8. The molecule has 20 heavy (non-hydrogen) atoms. The van der Waals surface area contributed by atoms with E-state index in [2.05, 4.69) is 25.7 Å². The minimum Gasteiger partial charge on any atom is -0.379 e. The molecule has 3 rings (SSSR count). The van der Waals surface area contributed by atoms with Gasteiger partial charge in [0.2, 0.25) is 0 Å². The van der Waals surface area contributed by atoms with Gasteiger partial charge in [0.1, 0.15) is 5.82 Å². The predicted octanol–water partition coefficient (Wildman–Crippen LogP) is 0.741. The van der Waals surface area contributed by atoms with Gasteiger partial charge in [0.25, 0.3) is 0 Å². The van der Waals surface area contributed by atoms with Crippen LogP contribution in [0.5, 0.6) is 0 Å². The van der Waals surface area contributed by atoms with E-state index in [1.165, 1.54) is 12.8 Å². The van der Waals surface area contributed by atoms with E-state index in [4.69, 9.17) is 4.74 Å². The third kappa shape index (κ3) is 3.71. The Balaban J connectivity index is 1.35. The second-order valence-electron chi connectivity index (χ2n) is 5.32. The number of rotatable bonds is 5. The van der Waals surface area contributed by atoms with Crippen LogP contribution in [-0.4, -0.2) is 60.5 Å². The van der Waals surface area contributed by atoms with Gasteiger partial charge in [0.05, 0.1) is 18.9 Å². The molecule has 1 saturated heterocycles. The Hall–Kier alpha value is -1.60. The van der Waals surface area contributed by atoms with E-state index in [-0.39, 0.29) is 6.03 Å². The van der Waals surface area contributed by atoms with Gasteiger partial charge in [-0.2, -0.15) is 5.10 Å². The van der Waals surface area contributed by atoms with Crippen LogP contribution < -0.4 is 10.6 Å². The van der Waals surface area contributed by atoms with Crippen LogP contribution in [0.4, 0.5) is 10.6 Å².